The van der Waals surface area contributed by atoms with Crippen molar-refractivity contribution in [2.45, 2.75) is 18.9 Å². The molecule has 2 N–H and O–H groups in total. The van der Waals surface area contributed by atoms with Crippen molar-refractivity contribution in [2.75, 3.05) is 13.7 Å². The third-order valence-corrected chi connectivity index (χ3v) is 3.12. The number of rotatable bonds is 7. The largest absolute Gasteiger partial charge is 0.480 e. The fraction of sp³-hybridized carbons (Fsp3) is 0.357. The minimum atomic E-state index is -1.06. The van der Waals surface area contributed by atoms with E-state index in [0.717, 1.165) is 0 Å². The maximum absolute atomic E-state index is 12.2. The van der Waals surface area contributed by atoms with Gasteiger partial charge in [-0.15, -0.1) is 0 Å². The lowest BCUT2D eigenvalue weighted by Gasteiger charge is -2.13. The van der Waals surface area contributed by atoms with Gasteiger partial charge in [0.1, 0.15) is 6.04 Å². The molecule has 2 rings (SSSR count). The third-order valence-electron chi connectivity index (χ3n) is 3.12. The molecule has 1 atom stereocenters. The van der Waals surface area contributed by atoms with E-state index in [1.807, 2.05) is 0 Å². The Morgan fingerprint density at radius 3 is 3.00 bits per heavy atom. The lowest BCUT2D eigenvalue weighted by Crippen LogP contribution is -2.40. The highest BCUT2D eigenvalue weighted by molar-refractivity contribution is 6.02. The van der Waals surface area contributed by atoms with Gasteiger partial charge in [0.15, 0.2) is 0 Å². The Labute approximate surface area is 121 Å². The standard InChI is InChI=1S/C14H17N3O4/c1-21-8-4-5-11(14(19)20)16-13(18)10-9-15-17-7-3-2-6-12(10)17/h2-3,6-7,9,11H,4-5,8H2,1H3,(H,16,18)(H,19,20). The highest BCUT2D eigenvalue weighted by atomic mass is 16.5. The number of carbonyl (C=O) groups excluding carboxylic acids is 1. The van der Waals surface area contributed by atoms with Crippen LogP contribution in [-0.4, -0.2) is 46.4 Å². The summed E-state index contributed by atoms with van der Waals surface area (Å²) in [5.74, 6) is -1.50. The lowest BCUT2D eigenvalue weighted by molar-refractivity contribution is -0.139. The summed E-state index contributed by atoms with van der Waals surface area (Å²) in [6, 6.07) is 4.40. The average molecular weight is 291 g/mol. The number of carboxylic acids is 1. The summed E-state index contributed by atoms with van der Waals surface area (Å²) < 4.78 is 6.45. The number of nitrogens with one attached hydrogen (secondary N) is 1. The van der Waals surface area contributed by atoms with Crippen molar-refractivity contribution >= 4 is 17.4 Å². The van der Waals surface area contributed by atoms with Crippen LogP contribution in [-0.2, 0) is 9.53 Å². The minimum Gasteiger partial charge on any atom is -0.480 e. The van der Waals surface area contributed by atoms with Crippen LogP contribution in [0.5, 0.6) is 0 Å². The SMILES string of the molecule is COCCCC(NC(=O)c1cnn2ccccc12)C(=O)O. The monoisotopic (exact) mass is 291 g/mol. The van der Waals surface area contributed by atoms with E-state index >= 15 is 0 Å². The number of ether oxygens (including phenoxy) is 1. The minimum absolute atomic E-state index is 0.314. The molecule has 0 fully saturated rings. The van der Waals surface area contributed by atoms with Gasteiger partial charge in [0.05, 0.1) is 17.3 Å². The molecule has 2 aromatic heterocycles. The number of carbonyl (C=O) groups is 2. The first kappa shape index (κ1) is 15.0. The molecule has 0 aromatic carbocycles. The number of hydrogen-bond donors (Lipinski definition) is 2. The molecule has 0 spiro atoms. The highest BCUT2D eigenvalue weighted by Crippen LogP contribution is 2.10. The first-order chi connectivity index (χ1) is 10.1. The molecule has 0 aliphatic heterocycles. The molecule has 7 heteroatoms. The number of fused-ring (bicyclic) bond motifs is 1. The summed E-state index contributed by atoms with van der Waals surface area (Å²) in [5.41, 5.74) is 0.990. The topological polar surface area (TPSA) is 92.9 Å². The van der Waals surface area contributed by atoms with Gasteiger partial charge < -0.3 is 15.2 Å². The van der Waals surface area contributed by atoms with Crippen molar-refractivity contribution in [1.29, 1.82) is 0 Å². The molecule has 1 unspecified atom stereocenters. The van der Waals surface area contributed by atoms with Crippen LogP contribution in [0.1, 0.15) is 23.2 Å². The van der Waals surface area contributed by atoms with Crippen LogP contribution < -0.4 is 5.32 Å². The normalized spacial score (nSPS) is 12.2. The average Bonchev–Trinajstić information content (AvgIpc) is 2.90. The van der Waals surface area contributed by atoms with Crippen molar-refractivity contribution in [1.82, 2.24) is 14.9 Å². The number of nitrogens with zero attached hydrogens (tertiary/aromatic N) is 2. The Balaban J connectivity index is 2.09. The summed E-state index contributed by atoms with van der Waals surface area (Å²) in [6.45, 7) is 0.455. The fourth-order valence-corrected chi connectivity index (χ4v) is 2.03. The van der Waals surface area contributed by atoms with Crippen molar-refractivity contribution in [3.8, 4) is 0 Å². The molecule has 21 heavy (non-hydrogen) atoms. The van der Waals surface area contributed by atoms with Crippen molar-refractivity contribution < 1.29 is 19.4 Å². The third kappa shape index (κ3) is 3.57. The molecule has 2 heterocycles. The predicted octanol–water partition coefficient (Wildman–Crippen LogP) is 0.944. The van der Waals surface area contributed by atoms with E-state index < -0.39 is 17.9 Å². The number of methoxy groups -OCH3 is 1. The second kappa shape index (κ2) is 6.85. The van der Waals surface area contributed by atoms with E-state index in [1.54, 1.807) is 36.0 Å². The maximum Gasteiger partial charge on any atom is 0.326 e. The number of carboxylic acid groups (broad SMARTS) is 1. The van der Waals surface area contributed by atoms with Gasteiger partial charge >= 0.3 is 5.97 Å². The first-order valence-corrected chi connectivity index (χ1v) is 6.58. The molecule has 0 aliphatic rings. The number of aromatic nitrogens is 2. The zero-order valence-electron chi connectivity index (χ0n) is 11.7. The lowest BCUT2D eigenvalue weighted by atomic mass is 10.1. The Kier molecular flexibility index (Phi) is 4.89. The molecule has 7 nitrogen and oxygen atoms in total. The molecule has 112 valence electrons. The van der Waals surface area contributed by atoms with Crippen LogP contribution in [0.4, 0.5) is 0 Å². The predicted molar refractivity (Wildman–Crippen MR) is 75.2 cm³/mol. The molecule has 0 radical (unpaired) electrons. The maximum atomic E-state index is 12.2. The van der Waals surface area contributed by atoms with E-state index in [0.29, 0.717) is 30.5 Å². The van der Waals surface area contributed by atoms with Gasteiger partial charge in [0.25, 0.3) is 5.91 Å². The molecule has 0 bridgehead atoms. The molecule has 0 aliphatic carbocycles. The van der Waals surface area contributed by atoms with E-state index in [2.05, 4.69) is 10.4 Å². The molecular weight excluding hydrogens is 274 g/mol. The number of amides is 1. The Morgan fingerprint density at radius 1 is 1.48 bits per heavy atom. The van der Waals surface area contributed by atoms with Gasteiger partial charge in [-0.3, -0.25) is 4.79 Å². The van der Waals surface area contributed by atoms with Crippen LogP contribution >= 0.6 is 0 Å². The number of aliphatic carboxylic acids is 1. The van der Waals surface area contributed by atoms with E-state index in [9.17, 15) is 9.59 Å². The molecule has 0 saturated heterocycles. The summed E-state index contributed by atoms with van der Waals surface area (Å²) in [5, 5.41) is 15.7. The number of pyridine rings is 1. The Hall–Kier alpha value is -2.41. The van der Waals surface area contributed by atoms with E-state index in [-0.39, 0.29) is 0 Å². The second-order valence-electron chi connectivity index (χ2n) is 4.59. The van der Waals surface area contributed by atoms with Crippen LogP contribution in [0.2, 0.25) is 0 Å². The smallest absolute Gasteiger partial charge is 0.326 e. The van der Waals surface area contributed by atoms with Gasteiger partial charge in [0, 0.05) is 19.9 Å². The van der Waals surface area contributed by atoms with Crippen LogP contribution in [0, 0.1) is 0 Å². The molecular formula is C14H17N3O4. The summed E-state index contributed by atoms with van der Waals surface area (Å²) in [4.78, 5) is 23.4. The first-order valence-electron chi connectivity index (χ1n) is 6.58. The quantitative estimate of drug-likeness (QED) is 0.741. The Bertz CT molecular complexity index is 638. The van der Waals surface area contributed by atoms with Crippen LogP contribution in [0.25, 0.3) is 5.52 Å². The van der Waals surface area contributed by atoms with Crippen molar-refractivity contribution in [3.63, 3.8) is 0 Å². The summed E-state index contributed by atoms with van der Waals surface area (Å²) in [7, 11) is 1.55. The zero-order valence-corrected chi connectivity index (χ0v) is 11.7. The van der Waals surface area contributed by atoms with Crippen molar-refractivity contribution in [3.05, 3.63) is 36.2 Å². The van der Waals surface area contributed by atoms with Gasteiger partial charge in [-0.25, -0.2) is 9.31 Å². The van der Waals surface area contributed by atoms with Gasteiger partial charge in [0.2, 0.25) is 0 Å². The van der Waals surface area contributed by atoms with Gasteiger partial charge in [-0.05, 0) is 25.0 Å². The zero-order chi connectivity index (χ0) is 15.2. The molecule has 1 amide bonds. The van der Waals surface area contributed by atoms with Crippen LogP contribution in [0.15, 0.2) is 30.6 Å². The van der Waals surface area contributed by atoms with Gasteiger partial charge in [-0.1, -0.05) is 6.07 Å². The second-order valence-corrected chi connectivity index (χ2v) is 4.59. The summed E-state index contributed by atoms with van der Waals surface area (Å²) >= 11 is 0. The fourth-order valence-electron chi connectivity index (χ4n) is 2.03. The van der Waals surface area contributed by atoms with Crippen LogP contribution in [0.3, 0.4) is 0 Å². The summed E-state index contributed by atoms with van der Waals surface area (Å²) in [6.07, 6.45) is 4.02. The highest BCUT2D eigenvalue weighted by Gasteiger charge is 2.22. The molecule has 2 aromatic rings. The van der Waals surface area contributed by atoms with Gasteiger partial charge in [-0.2, -0.15) is 5.10 Å². The van der Waals surface area contributed by atoms with E-state index in [1.165, 1.54) is 6.20 Å². The van der Waals surface area contributed by atoms with Crippen molar-refractivity contribution in [2.24, 2.45) is 0 Å². The van der Waals surface area contributed by atoms with E-state index in [4.69, 9.17) is 9.84 Å². The number of hydrogen-bond acceptors (Lipinski definition) is 4. The molecule has 0 saturated carbocycles. The Morgan fingerprint density at radius 2 is 2.29 bits per heavy atom.